The molecule has 13 nitrogen and oxygen atoms in total. The summed E-state index contributed by atoms with van der Waals surface area (Å²) in [6.45, 7) is 0. The van der Waals surface area contributed by atoms with Gasteiger partial charge in [0.05, 0.1) is 11.8 Å². The molecule has 1 unspecified atom stereocenters. The summed E-state index contributed by atoms with van der Waals surface area (Å²) < 4.78 is 33.4. The van der Waals surface area contributed by atoms with Crippen molar-refractivity contribution in [2.24, 2.45) is 0 Å². The minimum absolute atomic E-state index is 0.0250. The highest BCUT2D eigenvalue weighted by Crippen LogP contribution is 2.40. The van der Waals surface area contributed by atoms with Crippen LogP contribution in [-0.4, -0.2) is 83.7 Å². The number of rotatable bonds is 9. The molecule has 0 saturated carbocycles. The second kappa shape index (κ2) is 15.1. The number of β-lactam (4-membered cyclic amide) rings is 1. The van der Waals surface area contributed by atoms with Crippen LogP contribution in [0, 0.1) is 0 Å². The molecular formula is C23H21Cl2F3N7O6S3+. The number of thioether (sulfide) groups is 2. The molecule has 0 aliphatic carbocycles. The highest BCUT2D eigenvalue weighted by Gasteiger charge is 2.53. The van der Waals surface area contributed by atoms with Gasteiger partial charge in [-0.25, -0.2) is 14.6 Å². The van der Waals surface area contributed by atoms with Crippen LogP contribution in [-0.2, 0) is 19.2 Å². The van der Waals surface area contributed by atoms with Gasteiger partial charge < -0.3 is 27.0 Å². The number of allylic oxidation sites excluding steroid dienone is 1. The number of anilines is 2. The first-order chi connectivity index (χ1) is 20.6. The normalized spacial score (nSPS) is 17.8. The van der Waals surface area contributed by atoms with Crippen LogP contribution in [0.4, 0.5) is 24.8 Å². The number of amides is 2. The van der Waals surface area contributed by atoms with Gasteiger partial charge in [-0.1, -0.05) is 40.3 Å². The van der Waals surface area contributed by atoms with Crippen molar-refractivity contribution in [2.75, 3.05) is 28.7 Å². The fourth-order valence-electron chi connectivity index (χ4n) is 3.52. The molecule has 2 atom stereocenters. The summed E-state index contributed by atoms with van der Waals surface area (Å²) in [6, 6.07) is 3.88. The van der Waals surface area contributed by atoms with Crippen LogP contribution in [0.25, 0.3) is 0 Å². The summed E-state index contributed by atoms with van der Waals surface area (Å²) in [6.07, 6.45) is -0.119. The van der Waals surface area contributed by atoms with E-state index in [0.717, 1.165) is 0 Å². The molecule has 1 fully saturated rings. The number of hydrogen-bond acceptors (Lipinski definition) is 11. The maximum absolute atomic E-state index is 12.8. The second-order valence-electron chi connectivity index (χ2n) is 8.44. The molecule has 236 valence electrons. The zero-order valence-corrected chi connectivity index (χ0v) is 25.8. The highest BCUT2D eigenvalue weighted by atomic mass is 35.5. The van der Waals surface area contributed by atoms with Crippen LogP contribution >= 0.6 is 58.7 Å². The standard InChI is InChI=1S/C21H19Cl2N7O4S3.C2HF3O2/c22-12-4-11(5-13(23)27-12)35-8-16(31)28-17-19(32)30-18(21(33)34)10(7-36-20(17)30)2-1-3-37-29-9-26-14(24)6-15(29)25;3-2(4,5)1(6)7/h1-2,4-6,9,17,20H,3,7-8H2,(H5,24,25,28,31,33,34);(H,6,7)/p+1/b2-1+;/t17-,20?;/m1./s1. The Morgan fingerprint density at radius 1 is 1.20 bits per heavy atom. The van der Waals surface area contributed by atoms with Crippen molar-refractivity contribution in [3.63, 3.8) is 0 Å². The molecule has 2 aromatic rings. The van der Waals surface area contributed by atoms with Gasteiger partial charge in [0.15, 0.2) is 0 Å². The molecule has 4 heterocycles. The number of hydrogen-bond donors (Lipinski definition) is 5. The summed E-state index contributed by atoms with van der Waals surface area (Å²) in [5, 5.41) is 19.6. The first-order valence-corrected chi connectivity index (χ1v) is 15.5. The lowest BCUT2D eigenvalue weighted by Crippen LogP contribution is -2.70. The van der Waals surface area contributed by atoms with Crippen molar-refractivity contribution >= 4 is 94.1 Å². The Labute approximate surface area is 269 Å². The Bertz CT molecular complexity index is 1510. The summed E-state index contributed by atoms with van der Waals surface area (Å²) >= 11 is 15.7. The monoisotopic (exact) mass is 714 g/mol. The molecule has 0 bridgehead atoms. The largest absolute Gasteiger partial charge is 0.490 e. The molecule has 2 aliphatic heterocycles. The number of aliphatic carboxylic acids is 2. The molecule has 21 heteroatoms. The number of carbonyl (C=O) groups excluding carboxylic acids is 2. The van der Waals surface area contributed by atoms with Crippen molar-refractivity contribution in [1.29, 1.82) is 0 Å². The van der Waals surface area contributed by atoms with Crippen molar-refractivity contribution < 1.29 is 46.5 Å². The van der Waals surface area contributed by atoms with Crippen molar-refractivity contribution in [2.45, 2.75) is 22.5 Å². The van der Waals surface area contributed by atoms with Crippen LogP contribution in [0.3, 0.4) is 0 Å². The fraction of sp³-hybridized carbons (Fsp3) is 0.261. The van der Waals surface area contributed by atoms with E-state index in [0.29, 0.717) is 33.6 Å². The molecule has 1 saturated heterocycles. The summed E-state index contributed by atoms with van der Waals surface area (Å²) in [4.78, 5) is 55.9. The Hall–Kier alpha value is -3.39. The van der Waals surface area contributed by atoms with E-state index in [1.165, 1.54) is 52.8 Å². The molecule has 44 heavy (non-hydrogen) atoms. The number of nitrogens with zero attached hydrogens (tertiary/aromatic N) is 4. The molecule has 2 amide bonds. The van der Waals surface area contributed by atoms with Gasteiger partial charge >= 0.3 is 18.1 Å². The van der Waals surface area contributed by atoms with Gasteiger partial charge in [0.25, 0.3) is 5.91 Å². The Kier molecular flexibility index (Phi) is 12.0. The van der Waals surface area contributed by atoms with E-state index < -0.39 is 35.4 Å². The number of nitrogen functional groups attached to an aromatic ring is 2. The maximum Gasteiger partial charge on any atom is 0.490 e. The van der Waals surface area contributed by atoms with Crippen molar-refractivity contribution in [1.82, 2.24) is 20.2 Å². The number of carbonyl (C=O) groups is 4. The van der Waals surface area contributed by atoms with Crippen LogP contribution < -0.4 is 20.8 Å². The predicted molar refractivity (Wildman–Crippen MR) is 159 cm³/mol. The summed E-state index contributed by atoms with van der Waals surface area (Å²) in [5.74, 6) is -3.20. The van der Waals surface area contributed by atoms with Gasteiger partial charge in [0, 0.05) is 28.3 Å². The van der Waals surface area contributed by atoms with Crippen LogP contribution in [0.15, 0.2) is 52.8 Å². The fourth-order valence-corrected chi connectivity index (χ4v) is 6.86. The van der Waals surface area contributed by atoms with E-state index in [1.54, 1.807) is 28.3 Å². The number of alkyl halides is 3. The lowest BCUT2D eigenvalue weighted by atomic mass is 10.0. The first kappa shape index (κ1) is 35.1. The minimum atomic E-state index is -5.08. The highest BCUT2D eigenvalue weighted by molar-refractivity contribution is 8.00. The average molecular weight is 716 g/mol. The lowest BCUT2D eigenvalue weighted by Gasteiger charge is -2.49. The van der Waals surface area contributed by atoms with Crippen molar-refractivity contribution in [3.05, 3.63) is 58.3 Å². The quantitative estimate of drug-likeness (QED) is 0.110. The topological polar surface area (TPSA) is 206 Å². The third-order valence-corrected chi connectivity index (χ3v) is 8.95. The van der Waals surface area contributed by atoms with E-state index in [4.69, 9.17) is 44.6 Å². The van der Waals surface area contributed by atoms with Gasteiger partial charge in [0.2, 0.25) is 23.9 Å². The Morgan fingerprint density at radius 2 is 1.84 bits per heavy atom. The number of fused-ring (bicyclic) bond motifs is 1. The van der Waals surface area contributed by atoms with Gasteiger partial charge in [0.1, 0.15) is 27.4 Å². The lowest BCUT2D eigenvalue weighted by molar-refractivity contribution is -0.481. The first-order valence-electron chi connectivity index (χ1n) is 11.8. The number of carboxylic acids is 2. The smallest absolute Gasteiger partial charge is 0.477 e. The van der Waals surface area contributed by atoms with Gasteiger partial charge in [-0.15, -0.1) is 23.5 Å². The van der Waals surface area contributed by atoms with E-state index in [9.17, 15) is 32.7 Å². The minimum Gasteiger partial charge on any atom is -0.477 e. The number of pyridine rings is 1. The van der Waals surface area contributed by atoms with Crippen molar-refractivity contribution in [3.8, 4) is 0 Å². The van der Waals surface area contributed by atoms with Gasteiger partial charge in [-0.2, -0.15) is 17.1 Å². The number of halogens is 5. The Balaban J connectivity index is 0.000000676. The van der Waals surface area contributed by atoms with E-state index in [2.05, 4.69) is 15.3 Å². The van der Waals surface area contributed by atoms with Crippen LogP contribution in [0.5, 0.6) is 0 Å². The summed E-state index contributed by atoms with van der Waals surface area (Å²) in [7, 11) is 0. The molecule has 7 N–H and O–H groups in total. The van der Waals surface area contributed by atoms with Crippen LogP contribution in [0.2, 0.25) is 10.3 Å². The molecule has 2 aliphatic rings. The molecule has 4 rings (SSSR count). The average Bonchev–Trinajstić information content (AvgIpc) is 2.92. The Morgan fingerprint density at radius 3 is 2.41 bits per heavy atom. The molecular weight excluding hydrogens is 694 g/mol. The molecule has 0 radical (unpaired) electrons. The number of aromatic nitrogens is 3. The number of nitrogens with one attached hydrogen (secondary N) is 1. The summed E-state index contributed by atoms with van der Waals surface area (Å²) in [5.41, 5.74) is 11.9. The van der Waals surface area contributed by atoms with Gasteiger partial charge in [-0.3, -0.25) is 14.5 Å². The number of carboxylic acid groups (broad SMARTS) is 2. The van der Waals surface area contributed by atoms with E-state index >= 15 is 0 Å². The van der Waals surface area contributed by atoms with E-state index in [-0.39, 0.29) is 27.7 Å². The van der Waals surface area contributed by atoms with E-state index in [1.807, 2.05) is 0 Å². The molecule has 0 aromatic carbocycles. The molecule has 0 spiro atoms. The van der Waals surface area contributed by atoms with Gasteiger partial charge in [-0.05, 0) is 17.7 Å². The third kappa shape index (κ3) is 9.31. The SMILES string of the molecule is Nc1cc(N)[n+](SC/C=C/C2=C(C(=O)O)N3C(=O)[C@@H](NC(=O)CSc4cc(Cl)nc(Cl)c4)C3SC2)cn1.O=C(O)C(F)(F)F. The molecule has 2 aromatic heterocycles. The zero-order chi connectivity index (χ0) is 32.8. The third-order valence-electron chi connectivity index (χ3n) is 5.36. The maximum atomic E-state index is 12.8. The predicted octanol–water partition coefficient (Wildman–Crippen LogP) is 2.45. The second-order valence-corrected chi connectivity index (χ2v) is 12.3. The van der Waals surface area contributed by atoms with Crippen LogP contribution in [0.1, 0.15) is 0 Å². The zero-order valence-electron chi connectivity index (χ0n) is 21.8. The number of nitrogens with two attached hydrogens (primary N) is 2.